The summed E-state index contributed by atoms with van der Waals surface area (Å²) in [5.41, 5.74) is -0.811. The molecule has 0 aliphatic rings. The Morgan fingerprint density at radius 3 is 2.27 bits per heavy atom. The highest BCUT2D eigenvalue weighted by molar-refractivity contribution is 9.09. The fourth-order valence-corrected chi connectivity index (χ4v) is 2.69. The number of aromatic nitrogens is 2. The largest absolute Gasteiger partial charge is 0.330 e. The molecule has 0 atom stereocenters. The molecule has 0 bridgehead atoms. The lowest BCUT2D eigenvalue weighted by Crippen LogP contribution is -2.40. The maximum absolute atomic E-state index is 12.1. The molecule has 0 aliphatic carbocycles. The van der Waals surface area contributed by atoms with Gasteiger partial charge >= 0.3 is 5.69 Å². The van der Waals surface area contributed by atoms with Crippen LogP contribution in [0.5, 0.6) is 0 Å². The summed E-state index contributed by atoms with van der Waals surface area (Å²) < 4.78 is 2.49. The zero-order chi connectivity index (χ0) is 16.5. The van der Waals surface area contributed by atoms with Crippen molar-refractivity contribution in [2.75, 3.05) is 5.33 Å². The normalized spacial score (nSPS) is 10.9. The molecule has 0 amide bonds. The zero-order valence-corrected chi connectivity index (χ0v) is 15.0. The third-order valence-electron chi connectivity index (χ3n) is 3.78. The van der Waals surface area contributed by atoms with Gasteiger partial charge in [0.25, 0.3) is 5.56 Å². The minimum atomic E-state index is -0.523. The number of carbonyl (C=O) groups is 1. The number of ketones is 1. The summed E-state index contributed by atoms with van der Waals surface area (Å²) in [5, 5.41) is 0.0812. The number of carbonyl (C=O) groups excluding carboxylic acids is 1. The van der Waals surface area contributed by atoms with E-state index < -0.39 is 5.56 Å². The average Bonchev–Trinajstić information content (AvgIpc) is 2.53. The van der Waals surface area contributed by atoms with Gasteiger partial charge in [-0.3, -0.25) is 18.7 Å². The highest BCUT2D eigenvalue weighted by Gasteiger charge is 2.14. The van der Waals surface area contributed by atoms with Gasteiger partial charge in [-0.1, -0.05) is 61.4 Å². The van der Waals surface area contributed by atoms with Crippen LogP contribution in [0.15, 0.2) is 15.8 Å². The number of unbranched alkanes of at least 4 members (excludes halogenated alkanes) is 6. The number of hydrogen-bond acceptors (Lipinski definition) is 3. The Kier molecular flexibility index (Phi) is 8.38. The summed E-state index contributed by atoms with van der Waals surface area (Å²) in [6.45, 7) is 2.74. The van der Waals surface area contributed by atoms with E-state index in [9.17, 15) is 14.4 Å². The SMILES string of the molecule is CCCCCCCCCn1cc(C(=O)CBr)c(=O)n(C)c1=O. The standard InChI is InChI=1S/C16H25BrN2O3/c1-3-4-5-6-7-8-9-10-19-12-13(14(20)11-17)15(21)18(2)16(19)22/h12H,3-11H2,1-2H3. The minimum Gasteiger partial charge on any atom is -0.300 e. The van der Waals surface area contributed by atoms with Crippen molar-refractivity contribution in [3.63, 3.8) is 0 Å². The smallest absolute Gasteiger partial charge is 0.300 e. The summed E-state index contributed by atoms with van der Waals surface area (Å²) >= 11 is 3.06. The van der Waals surface area contributed by atoms with E-state index in [0.29, 0.717) is 6.54 Å². The van der Waals surface area contributed by atoms with Crippen molar-refractivity contribution in [1.82, 2.24) is 9.13 Å². The Labute approximate surface area is 139 Å². The topological polar surface area (TPSA) is 61.1 Å². The van der Waals surface area contributed by atoms with Gasteiger partial charge in [0.1, 0.15) is 5.56 Å². The molecule has 1 aromatic heterocycles. The van der Waals surface area contributed by atoms with Crippen LogP contribution in [0.3, 0.4) is 0 Å². The van der Waals surface area contributed by atoms with E-state index in [-0.39, 0.29) is 22.4 Å². The summed E-state index contributed by atoms with van der Waals surface area (Å²) in [6.07, 6.45) is 9.51. The van der Waals surface area contributed by atoms with Crippen LogP contribution in [0.25, 0.3) is 0 Å². The van der Waals surface area contributed by atoms with Gasteiger partial charge in [0.15, 0.2) is 5.78 Å². The molecule has 0 saturated carbocycles. The molecule has 0 spiro atoms. The lowest BCUT2D eigenvalue weighted by atomic mass is 10.1. The first-order valence-corrected chi connectivity index (χ1v) is 9.04. The first kappa shape index (κ1) is 18.9. The van der Waals surface area contributed by atoms with Crippen molar-refractivity contribution >= 4 is 21.7 Å². The molecule has 0 aliphatic heterocycles. The molecule has 6 heteroatoms. The maximum atomic E-state index is 12.1. The Morgan fingerprint density at radius 2 is 1.68 bits per heavy atom. The van der Waals surface area contributed by atoms with E-state index in [1.807, 2.05) is 0 Å². The summed E-state index contributed by atoms with van der Waals surface area (Å²) in [6, 6.07) is 0. The maximum Gasteiger partial charge on any atom is 0.330 e. The number of Topliss-reactive ketones (excluding diaryl/α,β-unsaturated/α-hetero) is 1. The van der Waals surface area contributed by atoms with E-state index in [0.717, 1.165) is 23.8 Å². The van der Waals surface area contributed by atoms with Crippen LogP contribution >= 0.6 is 15.9 Å². The van der Waals surface area contributed by atoms with Crippen molar-refractivity contribution < 1.29 is 4.79 Å². The van der Waals surface area contributed by atoms with Crippen LogP contribution in [0.2, 0.25) is 0 Å². The lowest BCUT2D eigenvalue weighted by molar-refractivity contribution is 0.102. The van der Waals surface area contributed by atoms with E-state index in [1.165, 1.54) is 43.5 Å². The number of hydrogen-bond donors (Lipinski definition) is 0. The van der Waals surface area contributed by atoms with E-state index >= 15 is 0 Å². The van der Waals surface area contributed by atoms with Gasteiger partial charge in [0.05, 0.1) is 5.33 Å². The number of halogens is 1. The summed E-state index contributed by atoms with van der Waals surface area (Å²) in [4.78, 5) is 35.7. The Hall–Kier alpha value is -1.17. The molecule has 22 heavy (non-hydrogen) atoms. The van der Waals surface area contributed by atoms with Crippen molar-refractivity contribution in [2.45, 2.75) is 58.4 Å². The molecule has 5 nitrogen and oxygen atoms in total. The van der Waals surface area contributed by atoms with Crippen LogP contribution in [-0.4, -0.2) is 20.2 Å². The fourth-order valence-electron chi connectivity index (χ4n) is 2.39. The second-order valence-corrected chi connectivity index (χ2v) is 6.12. The van der Waals surface area contributed by atoms with Crippen molar-refractivity contribution in [3.8, 4) is 0 Å². The molecule has 1 heterocycles. The Balaban J connectivity index is 2.67. The Morgan fingerprint density at radius 1 is 1.09 bits per heavy atom. The highest BCUT2D eigenvalue weighted by atomic mass is 79.9. The summed E-state index contributed by atoms with van der Waals surface area (Å²) in [7, 11) is 1.41. The van der Waals surface area contributed by atoms with E-state index in [1.54, 1.807) is 0 Å². The zero-order valence-electron chi connectivity index (χ0n) is 13.4. The predicted molar refractivity (Wildman–Crippen MR) is 92.1 cm³/mol. The van der Waals surface area contributed by atoms with E-state index in [2.05, 4.69) is 22.9 Å². The van der Waals surface area contributed by atoms with Crippen LogP contribution in [0, 0.1) is 0 Å². The van der Waals surface area contributed by atoms with Crippen molar-refractivity contribution in [3.05, 3.63) is 32.6 Å². The molecule has 1 aromatic rings. The van der Waals surface area contributed by atoms with Gasteiger partial charge in [-0.05, 0) is 6.42 Å². The van der Waals surface area contributed by atoms with Crippen LogP contribution in [0.4, 0.5) is 0 Å². The van der Waals surface area contributed by atoms with Gasteiger partial charge in [-0.15, -0.1) is 0 Å². The van der Waals surface area contributed by atoms with Crippen molar-refractivity contribution in [1.29, 1.82) is 0 Å². The number of nitrogens with zero attached hydrogens (tertiary/aromatic N) is 2. The van der Waals surface area contributed by atoms with Gasteiger partial charge in [-0.25, -0.2) is 4.79 Å². The first-order chi connectivity index (χ1) is 10.5. The molecule has 124 valence electrons. The number of rotatable bonds is 10. The van der Waals surface area contributed by atoms with Crippen molar-refractivity contribution in [2.24, 2.45) is 7.05 Å². The van der Waals surface area contributed by atoms with Crippen LogP contribution in [0.1, 0.15) is 62.2 Å². The number of aryl methyl sites for hydroxylation is 1. The molecule has 0 N–H and O–H groups in total. The van der Waals surface area contributed by atoms with Gasteiger partial charge in [0.2, 0.25) is 0 Å². The van der Waals surface area contributed by atoms with Gasteiger partial charge in [-0.2, -0.15) is 0 Å². The second kappa shape index (κ2) is 9.77. The van der Waals surface area contributed by atoms with E-state index in [4.69, 9.17) is 0 Å². The average molecular weight is 373 g/mol. The molecule has 1 rings (SSSR count). The quantitative estimate of drug-likeness (QED) is 0.360. The predicted octanol–water partition coefficient (Wildman–Crippen LogP) is 2.88. The first-order valence-electron chi connectivity index (χ1n) is 7.92. The van der Waals surface area contributed by atoms with Crippen LogP contribution < -0.4 is 11.2 Å². The highest BCUT2D eigenvalue weighted by Crippen LogP contribution is 2.07. The monoisotopic (exact) mass is 372 g/mol. The fraction of sp³-hybridized carbons (Fsp3) is 0.688. The molecule has 0 aromatic carbocycles. The molecule has 0 fully saturated rings. The molecule has 0 saturated heterocycles. The third-order valence-corrected chi connectivity index (χ3v) is 4.29. The summed E-state index contributed by atoms with van der Waals surface area (Å²) in [5.74, 6) is -0.297. The van der Waals surface area contributed by atoms with Gasteiger partial charge < -0.3 is 0 Å². The minimum absolute atomic E-state index is 0.0712. The number of alkyl halides is 1. The second-order valence-electron chi connectivity index (χ2n) is 5.56. The third kappa shape index (κ3) is 5.23. The molecule has 0 unspecified atom stereocenters. The lowest BCUT2D eigenvalue weighted by Gasteiger charge is -2.09. The van der Waals surface area contributed by atoms with Gasteiger partial charge in [0, 0.05) is 19.8 Å². The Bertz CT molecular complexity index is 604. The molecule has 0 radical (unpaired) electrons. The molecular weight excluding hydrogens is 348 g/mol. The molecular formula is C16H25BrN2O3. The van der Waals surface area contributed by atoms with Crippen LogP contribution in [-0.2, 0) is 13.6 Å².